The smallest absolute Gasteiger partial charge is 0.280 e. The van der Waals surface area contributed by atoms with Crippen LogP contribution in [0, 0.1) is 0 Å². The van der Waals surface area contributed by atoms with Crippen molar-refractivity contribution < 1.29 is 4.21 Å². The highest BCUT2D eigenvalue weighted by Gasteiger charge is 2.04. The van der Waals surface area contributed by atoms with Crippen molar-refractivity contribution in [2.75, 3.05) is 0 Å². The van der Waals surface area contributed by atoms with Crippen molar-refractivity contribution in [3.8, 4) is 0 Å². The molecule has 1 rings (SSSR count). The van der Waals surface area contributed by atoms with Gasteiger partial charge in [-0.25, -0.2) is 0 Å². The quantitative estimate of drug-likeness (QED) is 0.531. The van der Waals surface area contributed by atoms with E-state index in [9.17, 15) is 4.21 Å². The number of nitrogens with one attached hydrogen (secondary N) is 1. The van der Waals surface area contributed by atoms with Gasteiger partial charge in [0.2, 0.25) is 0 Å². The Labute approximate surface area is 44.2 Å². The second kappa shape index (κ2) is 1.79. The molecule has 0 amide bonds. The van der Waals surface area contributed by atoms with Crippen molar-refractivity contribution in [3.05, 3.63) is 12.3 Å². The fourth-order valence-corrected chi connectivity index (χ4v) is 0.507. The van der Waals surface area contributed by atoms with E-state index in [0.29, 0.717) is 16.7 Å². The molecule has 0 aliphatic heterocycles. The van der Waals surface area contributed by atoms with E-state index in [4.69, 9.17) is 0 Å². The zero-order chi connectivity index (χ0) is 5.11. The van der Waals surface area contributed by atoms with E-state index < -0.39 is 0 Å². The average molecular weight is 115 g/mol. The minimum atomic E-state index is 0.383. The number of aromatic amines is 1. The van der Waals surface area contributed by atoms with Crippen molar-refractivity contribution in [1.29, 1.82) is 0 Å². The maximum atomic E-state index is 9.83. The first kappa shape index (κ1) is 4.39. The van der Waals surface area contributed by atoms with Crippen LogP contribution in [-0.4, -0.2) is 10.2 Å². The van der Waals surface area contributed by atoms with Crippen LogP contribution in [0.3, 0.4) is 0 Å². The molecule has 0 atom stereocenters. The molecule has 0 unspecified atom stereocenters. The molecule has 0 aliphatic carbocycles. The molecule has 36 valence electrons. The number of hydrogen-bond donors (Lipinski definition) is 1. The first-order valence-electron chi connectivity index (χ1n) is 1.73. The first-order chi connectivity index (χ1) is 3.43. The summed E-state index contributed by atoms with van der Waals surface area (Å²) in [5.41, 5.74) is 0. The van der Waals surface area contributed by atoms with Gasteiger partial charge < -0.3 is 0 Å². The predicted molar refractivity (Wildman–Crippen MR) is 24.9 cm³/mol. The molecular weight excluding hydrogens is 112 g/mol. The third-order valence-corrected chi connectivity index (χ3v) is 0.959. The molecule has 1 heterocycles. The van der Waals surface area contributed by atoms with Crippen LogP contribution < -0.4 is 0 Å². The molecule has 1 aromatic heterocycles. The zero-order valence-electron chi connectivity index (χ0n) is 3.42. The predicted octanol–water partition coefficient (Wildman–Crippen LogP) is 0.197. The Morgan fingerprint density at radius 2 is 2.71 bits per heavy atom. The van der Waals surface area contributed by atoms with Crippen molar-refractivity contribution >= 4 is 11.7 Å². The van der Waals surface area contributed by atoms with Gasteiger partial charge >= 0.3 is 16.7 Å². The summed E-state index contributed by atoms with van der Waals surface area (Å²) in [6.07, 6.45) is 1.61. The highest BCUT2D eigenvalue weighted by molar-refractivity contribution is 7.65. The van der Waals surface area contributed by atoms with Crippen LogP contribution in [0.25, 0.3) is 0 Å². The summed E-state index contributed by atoms with van der Waals surface area (Å²) >= 11 is 0.383. The second-order valence-corrected chi connectivity index (χ2v) is 1.58. The van der Waals surface area contributed by atoms with Gasteiger partial charge in [0.05, 0.1) is 0 Å². The van der Waals surface area contributed by atoms with Crippen LogP contribution in [0.1, 0.15) is 0 Å². The first-order valence-corrected chi connectivity index (χ1v) is 2.47. The Hall–Kier alpha value is -0.770. The third-order valence-electron chi connectivity index (χ3n) is 0.561. The Bertz CT molecular complexity index is 148. The van der Waals surface area contributed by atoms with E-state index in [-0.39, 0.29) is 0 Å². The van der Waals surface area contributed by atoms with Gasteiger partial charge in [-0.2, -0.15) is 0 Å². The molecule has 0 aliphatic rings. The van der Waals surface area contributed by atoms with Gasteiger partial charge in [-0.1, -0.05) is 0 Å². The summed E-state index contributed by atoms with van der Waals surface area (Å²) in [6, 6.07) is 1.62. The summed E-state index contributed by atoms with van der Waals surface area (Å²) in [4.78, 5) is 0. The van der Waals surface area contributed by atoms with E-state index >= 15 is 0 Å². The Kier molecular flexibility index (Phi) is 1.12. The molecule has 0 spiro atoms. The molecule has 0 bridgehead atoms. The summed E-state index contributed by atoms with van der Waals surface area (Å²) in [6.45, 7) is 0. The van der Waals surface area contributed by atoms with Gasteiger partial charge in [-0.05, 0) is 0 Å². The van der Waals surface area contributed by atoms with Gasteiger partial charge in [0.15, 0.2) is 0 Å². The highest BCUT2D eigenvalue weighted by Crippen LogP contribution is 1.86. The molecule has 1 N–H and O–H groups in total. The van der Waals surface area contributed by atoms with Crippen LogP contribution in [-0.2, 0) is 15.9 Å². The molecule has 1 aromatic rings. The summed E-state index contributed by atoms with van der Waals surface area (Å²) in [5.74, 6) is 0. The maximum absolute atomic E-state index is 9.83. The number of nitrogens with zero attached hydrogens (tertiary/aromatic N) is 1. The lowest BCUT2D eigenvalue weighted by atomic mass is 10.8. The monoisotopic (exact) mass is 115 g/mol. The minimum absolute atomic E-state index is 0.383. The normalized spacial score (nSPS) is 8.57. The lowest BCUT2D eigenvalue weighted by Crippen LogP contribution is -1.68. The molecule has 0 saturated carbocycles. The van der Waals surface area contributed by atoms with Crippen molar-refractivity contribution in [2.45, 2.75) is 5.03 Å². The number of hydrogen-bond acceptors (Lipinski definition) is 2. The van der Waals surface area contributed by atoms with Gasteiger partial charge in [-0.15, -0.1) is 5.10 Å². The fourth-order valence-electron chi connectivity index (χ4n) is 0.293. The molecule has 3 nitrogen and oxygen atoms in total. The average Bonchev–Trinajstić information content (AvgIpc) is 2.14. The molecule has 0 saturated heterocycles. The van der Waals surface area contributed by atoms with E-state index in [1.54, 1.807) is 12.3 Å². The van der Waals surface area contributed by atoms with Crippen LogP contribution in [0.4, 0.5) is 0 Å². The van der Waals surface area contributed by atoms with Crippen LogP contribution >= 0.6 is 0 Å². The molecule has 0 fully saturated rings. The van der Waals surface area contributed by atoms with Crippen molar-refractivity contribution in [2.24, 2.45) is 0 Å². The fraction of sp³-hybridized carbons (Fsp3) is 0. The Morgan fingerprint density at radius 1 is 1.86 bits per heavy atom. The molecule has 7 heavy (non-hydrogen) atoms. The SMILES string of the molecule is O=[S+]c1cc[nH]n1. The van der Waals surface area contributed by atoms with Crippen molar-refractivity contribution in [3.63, 3.8) is 0 Å². The minimum Gasteiger partial charge on any atom is -0.280 e. The van der Waals surface area contributed by atoms with Crippen LogP contribution in [0.15, 0.2) is 17.3 Å². The van der Waals surface area contributed by atoms with Gasteiger partial charge in [0.25, 0.3) is 0 Å². The van der Waals surface area contributed by atoms with Crippen LogP contribution in [0.2, 0.25) is 0 Å². The van der Waals surface area contributed by atoms with E-state index in [1.807, 2.05) is 0 Å². The molecule has 4 heteroatoms. The topological polar surface area (TPSA) is 45.8 Å². The second-order valence-electron chi connectivity index (χ2n) is 0.996. The molecule has 0 radical (unpaired) electrons. The Balaban J connectivity index is 2.96. The van der Waals surface area contributed by atoms with Gasteiger partial charge in [0.1, 0.15) is 0 Å². The molecule has 0 aromatic carbocycles. The largest absolute Gasteiger partial charge is 0.528 e. The van der Waals surface area contributed by atoms with E-state index in [0.717, 1.165) is 0 Å². The van der Waals surface area contributed by atoms with E-state index in [2.05, 4.69) is 10.2 Å². The number of H-pyrrole nitrogens is 1. The van der Waals surface area contributed by atoms with Crippen LogP contribution in [0.5, 0.6) is 0 Å². The summed E-state index contributed by atoms with van der Waals surface area (Å²) in [5, 5.41) is 6.56. The standard InChI is InChI=1S/C3H3N2OS/c6-7-3-1-2-4-5-3/h1-2H,(H,4,5)/q+1. The summed E-state index contributed by atoms with van der Waals surface area (Å²) in [7, 11) is 0. The van der Waals surface area contributed by atoms with Crippen molar-refractivity contribution in [1.82, 2.24) is 10.2 Å². The summed E-state index contributed by atoms with van der Waals surface area (Å²) < 4.78 is 9.83. The number of rotatable bonds is 1. The Morgan fingerprint density at radius 3 is 3.00 bits per heavy atom. The lowest BCUT2D eigenvalue weighted by molar-refractivity contribution is 0.603. The van der Waals surface area contributed by atoms with Gasteiger partial charge in [-0.3, -0.25) is 5.10 Å². The highest BCUT2D eigenvalue weighted by atomic mass is 32.1. The van der Waals surface area contributed by atoms with Gasteiger partial charge in [0, 0.05) is 16.5 Å². The lowest BCUT2D eigenvalue weighted by Gasteiger charge is -1.49. The maximum Gasteiger partial charge on any atom is 0.528 e. The zero-order valence-corrected chi connectivity index (χ0v) is 4.23. The molecular formula is C3H3N2OS+. The number of aromatic nitrogens is 2. The third kappa shape index (κ3) is 0.806. The van der Waals surface area contributed by atoms with E-state index in [1.165, 1.54) is 0 Å².